The molecule has 0 saturated heterocycles. The maximum atomic E-state index is 11.1. The van der Waals surface area contributed by atoms with Crippen LogP contribution in [-0.4, -0.2) is 13.3 Å². The number of para-hydroxylation sites is 1. The lowest BCUT2D eigenvalue weighted by Gasteiger charge is -2.09. The monoisotopic (exact) mass is 475 g/mol. The third-order valence-corrected chi connectivity index (χ3v) is 6.61. The third-order valence-electron chi connectivity index (χ3n) is 5.34. The van der Waals surface area contributed by atoms with E-state index in [0.29, 0.717) is 0 Å². The quantitative estimate of drug-likeness (QED) is 0.286. The van der Waals surface area contributed by atoms with Gasteiger partial charge in [0, 0.05) is 20.9 Å². The third kappa shape index (κ3) is 3.39. The van der Waals surface area contributed by atoms with Crippen molar-refractivity contribution in [1.29, 1.82) is 0 Å². The molecule has 0 spiro atoms. The molecule has 30 heavy (non-hydrogen) atoms. The summed E-state index contributed by atoms with van der Waals surface area (Å²) in [4.78, 5) is 0. The highest BCUT2D eigenvalue weighted by Gasteiger charge is 2.13. The average molecular weight is 476 g/mol. The fourth-order valence-electron chi connectivity index (χ4n) is 4.00. The highest BCUT2D eigenvalue weighted by atomic mass is 79.9. The summed E-state index contributed by atoms with van der Waals surface area (Å²) in [6, 6.07) is 31.1. The molecule has 0 aliphatic heterocycles. The van der Waals surface area contributed by atoms with Gasteiger partial charge < -0.3 is 9.12 Å². The van der Waals surface area contributed by atoms with Crippen molar-refractivity contribution in [3.63, 3.8) is 0 Å². The second-order valence-corrected chi connectivity index (χ2v) is 8.98. The molecule has 148 valence electrons. The van der Waals surface area contributed by atoms with Crippen molar-refractivity contribution >= 4 is 48.8 Å². The Kier molecular flexibility index (Phi) is 5.03. The lowest BCUT2D eigenvalue weighted by molar-refractivity contribution is 0.563. The Balaban J connectivity index is 1.72. The molecular weight excluding hydrogens is 458 g/mol. The summed E-state index contributed by atoms with van der Waals surface area (Å²) in [6.07, 6.45) is 0. The van der Waals surface area contributed by atoms with E-state index in [1.165, 1.54) is 16.3 Å². The van der Waals surface area contributed by atoms with Crippen LogP contribution in [0.3, 0.4) is 0 Å². The van der Waals surface area contributed by atoms with Crippen molar-refractivity contribution in [2.45, 2.75) is 5.75 Å². The number of hydrogen-bond donors (Lipinski definition) is 1. The fourth-order valence-corrected chi connectivity index (χ4v) is 4.99. The second-order valence-electron chi connectivity index (χ2n) is 7.20. The van der Waals surface area contributed by atoms with Gasteiger partial charge in [0.15, 0.2) is 11.1 Å². The Morgan fingerprint density at radius 1 is 0.800 bits per heavy atom. The van der Waals surface area contributed by atoms with E-state index in [1.807, 2.05) is 30.3 Å². The predicted octanol–water partition coefficient (Wildman–Crippen LogP) is 6.93. The summed E-state index contributed by atoms with van der Waals surface area (Å²) in [7, 11) is 0. The van der Waals surface area contributed by atoms with Gasteiger partial charge in [0.2, 0.25) is 0 Å². The first-order valence-electron chi connectivity index (χ1n) is 9.57. The molecule has 1 heterocycles. The van der Waals surface area contributed by atoms with Crippen LogP contribution in [-0.2, 0) is 16.8 Å². The molecule has 1 N–H and O–H groups in total. The summed E-state index contributed by atoms with van der Waals surface area (Å²) >= 11 is 1.83. The molecule has 0 bridgehead atoms. The molecule has 1 atom stereocenters. The summed E-state index contributed by atoms with van der Waals surface area (Å²) in [6.45, 7) is 0. The van der Waals surface area contributed by atoms with E-state index in [0.717, 1.165) is 32.3 Å². The van der Waals surface area contributed by atoms with Crippen LogP contribution in [0.25, 0.3) is 38.6 Å². The van der Waals surface area contributed by atoms with Crippen LogP contribution in [0.5, 0.6) is 0 Å². The van der Waals surface area contributed by atoms with Crippen molar-refractivity contribution in [2.75, 3.05) is 0 Å². The molecule has 5 aromatic rings. The average Bonchev–Trinajstić information content (AvgIpc) is 3.08. The van der Waals surface area contributed by atoms with Crippen molar-refractivity contribution in [3.05, 3.63) is 101 Å². The molecular formula is C25H18BrNO2S. The van der Waals surface area contributed by atoms with E-state index < -0.39 is 11.1 Å². The Bertz CT molecular complexity index is 1410. The number of benzene rings is 4. The zero-order valence-corrected chi connectivity index (χ0v) is 18.4. The van der Waals surface area contributed by atoms with Gasteiger partial charge in [-0.05, 0) is 53.1 Å². The maximum Gasteiger partial charge on any atom is 0.157 e. The normalized spacial score (nSPS) is 12.5. The summed E-state index contributed by atoms with van der Waals surface area (Å²) in [5, 5.41) is 2.39. The van der Waals surface area contributed by atoms with Crippen LogP contribution in [0, 0.1) is 0 Å². The molecule has 5 rings (SSSR count). The number of fused-ring (bicyclic) bond motifs is 3. The topological polar surface area (TPSA) is 42.2 Å². The van der Waals surface area contributed by atoms with Gasteiger partial charge in [-0.1, -0.05) is 70.5 Å². The largest absolute Gasteiger partial charge is 0.309 e. The molecule has 0 fully saturated rings. The standard InChI is InChI=1S/C25H18BrNO2S/c26-23-7-3-1-5-20(23)18-11-14-25-22(15-18)21-6-2-4-8-24(21)27(25)19-12-9-17(10-13-19)16-30(28)29/h1-15H,16H2,(H,28,29). The van der Waals surface area contributed by atoms with Gasteiger partial charge in [-0.2, -0.15) is 0 Å². The van der Waals surface area contributed by atoms with E-state index in [9.17, 15) is 4.21 Å². The molecule has 5 heteroatoms. The van der Waals surface area contributed by atoms with Crippen molar-refractivity contribution < 1.29 is 8.76 Å². The molecule has 1 unspecified atom stereocenters. The number of nitrogens with zero attached hydrogens (tertiary/aromatic N) is 1. The highest BCUT2D eigenvalue weighted by molar-refractivity contribution is 9.10. The predicted molar refractivity (Wildman–Crippen MR) is 128 cm³/mol. The van der Waals surface area contributed by atoms with Crippen LogP contribution < -0.4 is 0 Å². The Hall–Kier alpha value is -2.73. The zero-order valence-electron chi connectivity index (χ0n) is 16.0. The number of rotatable bonds is 4. The SMILES string of the molecule is O=S(O)Cc1ccc(-n2c3ccccc3c3cc(-c4ccccc4Br)ccc32)cc1. The van der Waals surface area contributed by atoms with Gasteiger partial charge in [0.05, 0.1) is 16.8 Å². The minimum Gasteiger partial charge on any atom is -0.309 e. The first-order valence-corrected chi connectivity index (χ1v) is 11.6. The van der Waals surface area contributed by atoms with Crippen LogP contribution in [0.2, 0.25) is 0 Å². The highest BCUT2D eigenvalue weighted by Crippen LogP contribution is 2.36. The van der Waals surface area contributed by atoms with Gasteiger partial charge in [0.1, 0.15) is 0 Å². The lowest BCUT2D eigenvalue weighted by Crippen LogP contribution is -1.96. The van der Waals surface area contributed by atoms with E-state index >= 15 is 0 Å². The molecule has 0 aliphatic carbocycles. The van der Waals surface area contributed by atoms with Gasteiger partial charge in [-0.15, -0.1) is 0 Å². The van der Waals surface area contributed by atoms with E-state index in [-0.39, 0.29) is 5.75 Å². The first-order chi connectivity index (χ1) is 14.6. The van der Waals surface area contributed by atoms with Gasteiger partial charge >= 0.3 is 0 Å². The fraction of sp³-hybridized carbons (Fsp3) is 0.0400. The molecule has 0 radical (unpaired) electrons. The van der Waals surface area contributed by atoms with Gasteiger partial charge in [-0.3, -0.25) is 0 Å². The van der Waals surface area contributed by atoms with Crippen molar-refractivity contribution in [1.82, 2.24) is 4.57 Å². The lowest BCUT2D eigenvalue weighted by atomic mass is 10.0. The molecule has 0 aliphatic rings. The summed E-state index contributed by atoms with van der Waals surface area (Å²) < 4.78 is 23.6. The van der Waals surface area contributed by atoms with E-state index in [4.69, 9.17) is 4.55 Å². The Morgan fingerprint density at radius 2 is 1.50 bits per heavy atom. The minimum absolute atomic E-state index is 0.142. The maximum absolute atomic E-state index is 11.1. The van der Waals surface area contributed by atoms with Gasteiger partial charge in [-0.25, -0.2) is 4.21 Å². The number of aromatic nitrogens is 1. The first kappa shape index (κ1) is 19.2. The molecule has 4 aromatic carbocycles. The Morgan fingerprint density at radius 3 is 2.27 bits per heavy atom. The zero-order chi connectivity index (χ0) is 20.7. The van der Waals surface area contributed by atoms with Crippen LogP contribution >= 0.6 is 15.9 Å². The summed E-state index contributed by atoms with van der Waals surface area (Å²) in [5.41, 5.74) is 6.47. The smallest absolute Gasteiger partial charge is 0.157 e. The number of halogens is 1. The minimum atomic E-state index is -1.84. The number of hydrogen-bond acceptors (Lipinski definition) is 1. The summed E-state index contributed by atoms with van der Waals surface area (Å²) in [5.74, 6) is 0.142. The Labute approximate surface area is 185 Å². The molecule has 0 saturated carbocycles. The van der Waals surface area contributed by atoms with Crippen LogP contribution in [0.1, 0.15) is 5.56 Å². The van der Waals surface area contributed by atoms with E-state index in [1.54, 1.807) is 0 Å². The molecule has 3 nitrogen and oxygen atoms in total. The van der Waals surface area contributed by atoms with Crippen LogP contribution in [0.15, 0.2) is 95.5 Å². The molecule has 1 aromatic heterocycles. The molecule has 0 amide bonds. The van der Waals surface area contributed by atoms with E-state index in [2.05, 4.69) is 81.2 Å². The van der Waals surface area contributed by atoms with Crippen molar-refractivity contribution in [3.8, 4) is 16.8 Å². The second kappa shape index (κ2) is 7.84. The van der Waals surface area contributed by atoms with Crippen LogP contribution in [0.4, 0.5) is 0 Å². The van der Waals surface area contributed by atoms with Crippen molar-refractivity contribution in [2.24, 2.45) is 0 Å². The van der Waals surface area contributed by atoms with Gasteiger partial charge in [0.25, 0.3) is 0 Å².